The monoisotopic (exact) mass is 419 g/mol. The van der Waals surface area contributed by atoms with Crippen LogP contribution in [0.15, 0.2) is 59.0 Å². The largest absolute Gasteiger partial charge is 0.507 e. The molecule has 31 heavy (non-hydrogen) atoms. The van der Waals surface area contributed by atoms with Crippen LogP contribution in [-0.4, -0.2) is 37.8 Å². The van der Waals surface area contributed by atoms with E-state index in [9.17, 15) is 14.7 Å². The van der Waals surface area contributed by atoms with Crippen LogP contribution in [0.25, 0.3) is 5.76 Å². The lowest BCUT2D eigenvalue weighted by molar-refractivity contribution is -0.140. The summed E-state index contributed by atoms with van der Waals surface area (Å²) in [4.78, 5) is 31.5. The second kappa shape index (κ2) is 8.26. The first-order chi connectivity index (χ1) is 14.9. The number of amides is 1. The number of carbonyl (C=O) groups excluding carboxylic acids is 2. The highest BCUT2D eigenvalue weighted by Crippen LogP contribution is 2.40. The highest BCUT2D eigenvalue weighted by atomic mass is 16.3. The lowest BCUT2D eigenvalue weighted by Crippen LogP contribution is -2.31. The Morgan fingerprint density at radius 1 is 1.13 bits per heavy atom. The van der Waals surface area contributed by atoms with Crippen LogP contribution in [0.5, 0.6) is 0 Å². The van der Waals surface area contributed by atoms with Crippen molar-refractivity contribution in [2.45, 2.75) is 39.8 Å². The van der Waals surface area contributed by atoms with Gasteiger partial charge in [0.05, 0.1) is 11.9 Å². The molecule has 7 heteroatoms. The lowest BCUT2D eigenvalue weighted by atomic mass is 9.96. The Kier molecular flexibility index (Phi) is 5.50. The number of aromatic nitrogens is 2. The standard InChI is InChI=1S/C24H25N3O4/c1-15-5-6-16(2)18(13-15)22(28)20-21(19-8-7-17(3)31-19)27(24(30)23(20)29)11-4-10-26-12-9-25-14-26/h5-9,12-14,21,28H,4,10-11H2,1-3H3/t21-/m1/s1. The predicted molar refractivity (Wildman–Crippen MR) is 115 cm³/mol. The van der Waals surface area contributed by atoms with Gasteiger partial charge in [-0.25, -0.2) is 4.98 Å². The molecule has 1 aliphatic rings. The summed E-state index contributed by atoms with van der Waals surface area (Å²) in [6, 6.07) is 8.42. The SMILES string of the molecule is Cc1ccc(C)c(C(O)=C2C(=O)C(=O)N(CCCn3ccnc3)[C@@H]2c2ccc(C)o2)c1. The Hall–Kier alpha value is -3.61. The molecule has 3 aromatic rings. The van der Waals surface area contributed by atoms with Crippen molar-refractivity contribution in [3.63, 3.8) is 0 Å². The summed E-state index contributed by atoms with van der Waals surface area (Å²) < 4.78 is 7.73. The number of ketones is 1. The van der Waals surface area contributed by atoms with Gasteiger partial charge in [0.15, 0.2) is 0 Å². The van der Waals surface area contributed by atoms with E-state index in [1.807, 2.05) is 42.8 Å². The molecule has 0 aliphatic carbocycles. The van der Waals surface area contributed by atoms with Crippen molar-refractivity contribution in [1.82, 2.24) is 14.5 Å². The van der Waals surface area contributed by atoms with E-state index in [-0.39, 0.29) is 11.3 Å². The molecule has 1 saturated heterocycles. The smallest absolute Gasteiger partial charge is 0.295 e. The van der Waals surface area contributed by atoms with Gasteiger partial charge in [-0.05, 0) is 51.0 Å². The van der Waals surface area contributed by atoms with Gasteiger partial charge in [-0.1, -0.05) is 17.7 Å². The zero-order chi connectivity index (χ0) is 22.1. The normalized spacial score (nSPS) is 18.2. The molecule has 1 fully saturated rings. The zero-order valence-corrected chi connectivity index (χ0v) is 17.8. The topological polar surface area (TPSA) is 88.6 Å². The summed E-state index contributed by atoms with van der Waals surface area (Å²) in [6.45, 7) is 6.58. The van der Waals surface area contributed by atoms with Crippen LogP contribution in [0.3, 0.4) is 0 Å². The van der Waals surface area contributed by atoms with E-state index in [0.29, 0.717) is 36.6 Å². The number of carbonyl (C=O) groups is 2. The van der Waals surface area contributed by atoms with Crippen molar-refractivity contribution < 1.29 is 19.1 Å². The maximum atomic E-state index is 13.0. The Morgan fingerprint density at radius 3 is 2.61 bits per heavy atom. The maximum Gasteiger partial charge on any atom is 0.295 e. The van der Waals surface area contributed by atoms with Crippen molar-refractivity contribution >= 4 is 17.4 Å². The van der Waals surface area contributed by atoms with Crippen LogP contribution in [0.2, 0.25) is 0 Å². The lowest BCUT2D eigenvalue weighted by Gasteiger charge is -2.23. The number of hydrogen-bond acceptors (Lipinski definition) is 5. The molecule has 1 aromatic carbocycles. The van der Waals surface area contributed by atoms with Crippen molar-refractivity contribution in [2.75, 3.05) is 6.54 Å². The summed E-state index contributed by atoms with van der Waals surface area (Å²) in [5.41, 5.74) is 2.39. The van der Waals surface area contributed by atoms with E-state index in [1.54, 1.807) is 31.6 Å². The highest BCUT2D eigenvalue weighted by molar-refractivity contribution is 6.46. The molecule has 4 rings (SSSR count). The van der Waals surface area contributed by atoms with Gasteiger partial charge in [-0.3, -0.25) is 9.59 Å². The number of nitrogens with zero attached hydrogens (tertiary/aromatic N) is 3. The molecule has 3 heterocycles. The van der Waals surface area contributed by atoms with Gasteiger partial charge in [0.25, 0.3) is 11.7 Å². The first kappa shape index (κ1) is 20.7. The third kappa shape index (κ3) is 3.91. The van der Waals surface area contributed by atoms with Gasteiger partial charge in [0.1, 0.15) is 23.3 Å². The Balaban J connectivity index is 1.75. The Morgan fingerprint density at radius 2 is 1.94 bits per heavy atom. The number of likely N-dealkylation sites (tertiary alicyclic amines) is 1. The van der Waals surface area contributed by atoms with Gasteiger partial charge in [0.2, 0.25) is 0 Å². The first-order valence-electron chi connectivity index (χ1n) is 10.2. The van der Waals surface area contributed by atoms with Gasteiger partial charge >= 0.3 is 0 Å². The summed E-state index contributed by atoms with van der Waals surface area (Å²) in [6.07, 6.45) is 5.88. The molecule has 1 amide bonds. The van der Waals surface area contributed by atoms with Crippen LogP contribution in [0.1, 0.15) is 40.7 Å². The van der Waals surface area contributed by atoms with Crippen molar-refractivity contribution in [3.8, 4) is 0 Å². The molecule has 0 bridgehead atoms. The van der Waals surface area contributed by atoms with Crippen LogP contribution in [0, 0.1) is 20.8 Å². The molecular weight excluding hydrogens is 394 g/mol. The predicted octanol–water partition coefficient (Wildman–Crippen LogP) is 3.91. The van der Waals surface area contributed by atoms with Gasteiger partial charge in [0, 0.05) is 31.0 Å². The number of aliphatic hydroxyl groups is 1. The highest BCUT2D eigenvalue weighted by Gasteiger charge is 2.47. The number of imidazole rings is 1. The number of aliphatic hydroxyl groups excluding tert-OH is 1. The molecule has 0 spiro atoms. The average molecular weight is 419 g/mol. The fourth-order valence-corrected chi connectivity index (χ4v) is 3.99. The van der Waals surface area contributed by atoms with Gasteiger partial charge in [-0.2, -0.15) is 0 Å². The molecule has 0 radical (unpaired) electrons. The van der Waals surface area contributed by atoms with Crippen molar-refractivity contribution in [1.29, 1.82) is 0 Å². The minimum atomic E-state index is -0.767. The summed E-state index contributed by atoms with van der Waals surface area (Å²) >= 11 is 0. The van der Waals surface area contributed by atoms with Gasteiger partial charge in [-0.15, -0.1) is 0 Å². The minimum Gasteiger partial charge on any atom is -0.507 e. The van der Waals surface area contributed by atoms with E-state index in [0.717, 1.165) is 11.1 Å². The van der Waals surface area contributed by atoms with Crippen molar-refractivity contribution in [2.24, 2.45) is 0 Å². The zero-order valence-electron chi connectivity index (χ0n) is 17.8. The molecule has 0 saturated carbocycles. The van der Waals surface area contributed by atoms with Crippen LogP contribution < -0.4 is 0 Å². The van der Waals surface area contributed by atoms with Crippen LogP contribution in [0.4, 0.5) is 0 Å². The number of benzene rings is 1. The van der Waals surface area contributed by atoms with E-state index >= 15 is 0 Å². The first-order valence-corrected chi connectivity index (χ1v) is 10.2. The van der Waals surface area contributed by atoms with Crippen LogP contribution in [-0.2, 0) is 16.1 Å². The number of aryl methyl sites for hydroxylation is 4. The third-order valence-electron chi connectivity index (χ3n) is 5.59. The number of furan rings is 1. The third-order valence-corrected chi connectivity index (χ3v) is 5.59. The van der Waals surface area contributed by atoms with Crippen molar-refractivity contribution in [3.05, 3.63) is 82.8 Å². The van der Waals surface area contributed by atoms with E-state index in [2.05, 4.69) is 4.98 Å². The Bertz CT molecular complexity index is 1160. The fourth-order valence-electron chi connectivity index (χ4n) is 3.99. The molecular formula is C24H25N3O4. The summed E-state index contributed by atoms with van der Waals surface area (Å²) in [7, 11) is 0. The van der Waals surface area contributed by atoms with Gasteiger partial charge < -0.3 is 19.0 Å². The quantitative estimate of drug-likeness (QED) is 0.372. The number of Topliss-reactive ketones (excluding diaryl/α,β-unsaturated/α-hetero) is 1. The summed E-state index contributed by atoms with van der Waals surface area (Å²) in [5, 5.41) is 11.2. The molecule has 1 atom stereocenters. The summed E-state index contributed by atoms with van der Waals surface area (Å²) in [5.74, 6) is -0.357. The number of rotatable bonds is 6. The molecule has 1 aliphatic heterocycles. The second-order valence-corrected chi connectivity index (χ2v) is 7.91. The molecule has 1 N–H and O–H groups in total. The second-order valence-electron chi connectivity index (χ2n) is 7.91. The molecule has 0 unspecified atom stereocenters. The molecule has 7 nitrogen and oxygen atoms in total. The minimum absolute atomic E-state index is 0.0654. The van der Waals surface area contributed by atoms with E-state index in [1.165, 1.54) is 4.90 Å². The van der Waals surface area contributed by atoms with E-state index < -0.39 is 17.7 Å². The number of hydrogen-bond donors (Lipinski definition) is 1. The maximum absolute atomic E-state index is 13.0. The average Bonchev–Trinajstić information content (AvgIpc) is 3.46. The molecule has 2 aromatic heterocycles. The molecule has 160 valence electrons. The van der Waals surface area contributed by atoms with Crippen LogP contribution >= 0.6 is 0 Å². The fraction of sp³-hybridized carbons (Fsp3) is 0.292. The van der Waals surface area contributed by atoms with E-state index in [4.69, 9.17) is 4.42 Å². The Labute approximate surface area is 180 Å².